The Morgan fingerprint density at radius 1 is 1.17 bits per heavy atom. The molecule has 0 radical (unpaired) electrons. The number of sulfonamides is 1. The van der Waals surface area contributed by atoms with Crippen molar-refractivity contribution in [2.24, 2.45) is 11.1 Å². The molecule has 2 N–H and O–H groups in total. The van der Waals surface area contributed by atoms with Crippen LogP contribution in [0.15, 0.2) is 24.3 Å². The molecular formula is C15H21N3O4S. The summed E-state index contributed by atoms with van der Waals surface area (Å²) in [5, 5.41) is 5.11. The first-order chi connectivity index (χ1) is 10.9. The van der Waals surface area contributed by atoms with Gasteiger partial charge in [-0.25, -0.2) is 13.6 Å². The van der Waals surface area contributed by atoms with Crippen molar-refractivity contribution in [3.63, 3.8) is 0 Å². The Bertz CT molecular complexity index is 686. The fourth-order valence-electron chi connectivity index (χ4n) is 3.22. The third-order valence-corrected chi connectivity index (χ3v) is 5.13. The van der Waals surface area contributed by atoms with Crippen molar-refractivity contribution in [2.75, 3.05) is 48.4 Å². The molecule has 0 aliphatic carbocycles. The number of rotatable bonds is 4. The molecule has 23 heavy (non-hydrogen) atoms. The quantitative estimate of drug-likeness (QED) is 0.844. The highest BCUT2D eigenvalue weighted by Crippen LogP contribution is 2.34. The third-order valence-electron chi connectivity index (χ3n) is 4.20. The van der Waals surface area contributed by atoms with Crippen LogP contribution in [0.5, 0.6) is 0 Å². The molecule has 1 aromatic rings. The Balaban J connectivity index is 1.83. The van der Waals surface area contributed by atoms with Crippen LogP contribution in [0.2, 0.25) is 0 Å². The molecule has 2 aliphatic rings. The van der Waals surface area contributed by atoms with Crippen molar-refractivity contribution >= 4 is 27.3 Å². The molecule has 0 spiro atoms. The number of benzene rings is 1. The largest absolute Gasteiger partial charge is 0.378 e. The van der Waals surface area contributed by atoms with Gasteiger partial charge in [0.15, 0.2) is 0 Å². The van der Waals surface area contributed by atoms with Gasteiger partial charge in [-0.15, -0.1) is 0 Å². The van der Waals surface area contributed by atoms with Crippen molar-refractivity contribution in [3.8, 4) is 0 Å². The van der Waals surface area contributed by atoms with E-state index in [0.29, 0.717) is 19.8 Å². The van der Waals surface area contributed by atoms with Crippen LogP contribution in [-0.4, -0.2) is 52.9 Å². The van der Waals surface area contributed by atoms with Gasteiger partial charge in [-0.1, -0.05) is 12.1 Å². The Hall–Kier alpha value is -1.64. The van der Waals surface area contributed by atoms with Gasteiger partial charge in [-0.3, -0.25) is 4.79 Å². The van der Waals surface area contributed by atoms with Crippen molar-refractivity contribution < 1.29 is 17.9 Å². The van der Waals surface area contributed by atoms with Gasteiger partial charge < -0.3 is 14.5 Å². The molecule has 0 bridgehead atoms. The molecule has 3 rings (SSSR count). The monoisotopic (exact) mass is 339 g/mol. The number of ether oxygens (including phenoxy) is 1. The number of hydrogen-bond acceptors (Lipinski definition) is 5. The molecule has 126 valence electrons. The van der Waals surface area contributed by atoms with E-state index in [1.807, 2.05) is 24.3 Å². The number of primary sulfonamides is 1. The molecule has 2 fully saturated rings. The fourth-order valence-corrected chi connectivity index (χ4v) is 4.10. The summed E-state index contributed by atoms with van der Waals surface area (Å²) in [7, 11) is -3.57. The minimum Gasteiger partial charge on any atom is -0.378 e. The number of carbonyl (C=O) groups excluding carboxylic acids is 1. The van der Waals surface area contributed by atoms with E-state index in [4.69, 9.17) is 9.88 Å². The van der Waals surface area contributed by atoms with E-state index < -0.39 is 10.0 Å². The predicted molar refractivity (Wildman–Crippen MR) is 87.9 cm³/mol. The van der Waals surface area contributed by atoms with Crippen LogP contribution < -0.4 is 14.9 Å². The highest BCUT2D eigenvalue weighted by Gasteiger charge is 2.34. The molecule has 8 heteroatoms. The summed E-state index contributed by atoms with van der Waals surface area (Å²) < 4.78 is 27.9. The van der Waals surface area contributed by atoms with Gasteiger partial charge >= 0.3 is 0 Å². The molecule has 2 aliphatic heterocycles. The number of amides is 1. The number of nitrogens with two attached hydrogens (primary N) is 1. The lowest BCUT2D eigenvalue weighted by Crippen LogP contribution is -2.38. The van der Waals surface area contributed by atoms with E-state index in [2.05, 4.69) is 4.90 Å². The Morgan fingerprint density at radius 3 is 2.48 bits per heavy atom. The maximum atomic E-state index is 12.4. The van der Waals surface area contributed by atoms with Crippen LogP contribution in [0, 0.1) is 5.92 Å². The molecule has 1 unspecified atom stereocenters. The van der Waals surface area contributed by atoms with Crippen molar-refractivity contribution in [2.45, 2.75) is 6.42 Å². The molecule has 0 saturated carbocycles. The summed E-state index contributed by atoms with van der Waals surface area (Å²) in [4.78, 5) is 16.2. The van der Waals surface area contributed by atoms with Gasteiger partial charge in [-0.05, 0) is 12.1 Å². The Kier molecular flexibility index (Phi) is 4.56. The molecular weight excluding hydrogens is 318 g/mol. The van der Waals surface area contributed by atoms with Gasteiger partial charge in [0.05, 0.1) is 30.3 Å². The van der Waals surface area contributed by atoms with E-state index in [9.17, 15) is 13.2 Å². The van der Waals surface area contributed by atoms with Crippen LogP contribution in [0.1, 0.15) is 6.42 Å². The molecule has 2 saturated heterocycles. The van der Waals surface area contributed by atoms with E-state index in [1.54, 1.807) is 4.90 Å². The zero-order chi connectivity index (χ0) is 16.4. The topological polar surface area (TPSA) is 92.9 Å². The SMILES string of the molecule is NS(=O)(=O)CC1CC(=O)N(c2ccccc2N2CCOCC2)C1. The number of nitrogens with zero attached hydrogens (tertiary/aromatic N) is 2. The summed E-state index contributed by atoms with van der Waals surface area (Å²) >= 11 is 0. The van der Waals surface area contributed by atoms with E-state index >= 15 is 0 Å². The molecule has 0 aromatic heterocycles. The first kappa shape index (κ1) is 16.2. The van der Waals surface area contributed by atoms with Crippen LogP contribution in [-0.2, 0) is 19.6 Å². The number of hydrogen-bond donors (Lipinski definition) is 1. The summed E-state index contributed by atoms with van der Waals surface area (Å²) in [5.41, 5.74) is 1.82. The second-order valence-corrected chi connectivity index (χ2v) is 7.65. The first-order valence-electron chi connectivity index (χ1n) is 7.66. The number of anilines is 2. The molecule has 2 heterocycles. The molecule has 1 atom stereocenters. The van der Waals surface area contributed by atoms with Crippen LogP contribution in [0.25, 0.3) is 0 Å². The maximum absolute atomic E-state index is 12.4. The van der Waals surface area contributed by atoms with Gasteiger partial charge in [0.25, 0.3) is 0 Å². The first-order valence-corrected chi connectivity index (χ1v) is 9.38. The van der Waals surface area contributed by atoms with Crippen molar-refractivity contribution in [1.29, 1.82) is 0 Å². The highest BCUT2D eigenvalue weighted by atomic mass is 32.2. The van der Waals surface area contributed by atoms with Crippen molar-refractivity contribution in [1.82, 2.24) is 0 Å². The lowest BCUT2D eigenvalue weighted by Gasteiger charge is -2.32. The lowest BCUT2D eigenvalue weighted by atomic mass is 10.1. The highest BCUT2D eigenvalue weighted by molar-refractivity contribution is 7.89. The Morgan fingerprint density at radius 2 is 1.83 bits per heavy atom. The number of para-hydroxylation sites is 2. The van der Waals surface area contributed by atoms with E-state index in [0.717, 1.165) is 24.5 Å². The zero-order valence-corrected chi connectivity index (χ0v) is 13.7. The predicted octanol–water partition coefficient (Wildman–Crippen LogP) is 0.165. The maximum Gasteiger partial charge on any atom is 0.227 e. The second-order valence-electron chi connectivity index (χ2n) is 5.99. The van der Waals surface area contributed by atoms with Gasteiger partial charge in [0, 0.05) is 32.0 Å². The fraction of sp³-hybridized carbons (Fsp3) is 0.533. The lowest BCUT2D eigenvalue weighted by molar-refractivity contribution is -0.117. The minimum absolute atomic E-state index is 0.0561. The van der Waals surface area contributed by atoms with Gasteiger partial charge in [0.2, 0.25) is 15.9 Å². The zero-order valence-electron chi connectivity index (χ0n) is 12.8. The summed E-state index contributed by atoms with van der Waals surface area (Å²) in [5.74, 6) is -0.468. The smallest absolute Gasteiger partial charge is 0.227 e. The van der Waals surface area contributed by atoms with E-state index in [-0.39, 0.29) is 24.0 Å². The average Bonchev–Trinajstić information content (AvgIpc) is 2.86. The van der Waals surface area contributed by atoms with Crippen LogP contribution in [0.3, 0.4) is 0 Å². The normalized spacial score (nSPS) is 22.7. The summed E-state index contributed by atoms with van der Waals surface area (Å²) in [6.07, 6.45) is 0.216. The van der Waals surface area contributed by atoms with Gasteiger partial charge in [-0.2, -0.15) is 0 Å². The second kappa shape index (κ2) is 6.46. The number of morpholine rings is 1. The third kappa shape index (κ3) is 3.82. The molecule has 1 amide bonds. The summed E-state index contributed by atoms with van der Waals surface area (Å²) in [6, 6.07) is 7.72. The van der Waals surface area contributed by atoms with Crippen LogP contribution >= 0.6 is 0 Å². The van der Waals surface area contributed by atoms with Gasteiger partial charge in [0.1, 0.15) is 0 Å². The Labute approximate surface area is 136 Å². The molecule has 7 nitrogen and oxygen atoms in total. The van der Waals surface area contributed by atoms with Crippen LogP contribution in [0.4, 0.5) is 11.4 Å². The van der Waals surface area contributed by atoms with Crippen molar-refractivity contribution in [3.05, 3.63) is 24.3 Å². The average molecular weight is 339 g/mol. The number of carbonyl (C=O) groups is 1. The van der Waals surface area contributed by atoms with E-state index in [1.165, 1.54) is 0 Å². The standard InChI is InChI=1S/C15H21N3O4S/c16-23(20,21)11-12-9-15(19)18(10-12)14-4-2-1-3-13(14)17-5-7-22-8-6-17/h1-4,12H,5-11H2,(H2,16,20,21). The minimum atomic E-state index is -3.57. The summed E-state index contributed by atoms with van der Waals surface area (Å²) in [6.45, 7) is 3.27. The molecule has 1 aromatic carbocycles.